The van der Waals surface area contributed by atoms with Crippen molar-refractivity contribution >= 4 is 17.8 Å². The van der Waals surface area contributed by atoms with Crippen LogP contribution in [-0.2, 0) is 21.7 Å². The number of rotatable bonds is 8. The molecule has 1 heterocycles. The second kappa shape index (κ2) is 8.95. The van der Waals surface area contributed by atoms with Crippen molar-refractivity contribution in [2.45, 2.75) is 19.0 Å². The number of nitrogens with one attached hydrogen (secondary N) is 2. The number of hydrogen-bond acceptors (Lipinski definition) is 6. The fourth-order valence-electron chi connectivity index (χ4n) is 3.35. The molecule has 2 aromatic carbocycles. The molecule has 9 nitrogen and oxygen atoms in total. The Morgan fingerprint density at radius 2 is 1.68 bits per heavy atom. The van der Waals surface area contributed by atoms with E-state index in [1.807, 2.05) is 0 Å². The topological polar surface area (TPSA) is 106 Å². The fourth-order valence-corrected chi connectivity index (χ4v) is 3.35. The van der Waals surface area contributed by atoms with Crippen LogP contribution < -0.4 is 24.8 Å². The van der Waals surface area contributed by atoms with Crippen LogP contribution in [0.5, 0.6) is 17.2 Å². The molecule has 1 saturated heterocycles. The van der Waals surface area contributed by atoms with Gasteiger partial charge in [-0.2, -0.15) is 0 Å². The zero-order valence-corrected chi connectivity index (χ0v) is 17.9. The quantitative estimate of drug-likeness (QED) is 0.623. The van der Waals surface area contributed by atoms with Crippen molar-refractivity contribution in [3.63, 3.8) is 0 Å². The molecule has 2 N–H and O–H groups in total. The molecular formula is C22H25N3O6. The second-order valence-electron chi connectivity index (χ2n) is 7.14. The Labute approximate surface area is 180 Å². The fraction of sp³-hybridized carbons (Fsp3) is 0.318. The van der Waals surface area contributed by atoms with E-state index < -0.39 is 23.4 Å². The predicted molar refractivity (Wildman–Crippen MR) is 112 cm³/mol. The van der Waals surface area contributed by atoms with Gasteiger partial charge >= 0.3 is 6.03 Å². The smallest absolute Gasteiger partial charge is 0.325 e. The van der Waals surface area contributed by atoms with Gasteiger partial charge in [-0.25, -0.2) is 4.79 Å². The van der Waals surface area contributed by atoms with Crippen molar-refractivity contribution in [1.82, 2.24) is 15.5 Å². The zero-order valence-electron chi connectivity index (χ0n) is 17.9. The monoisotopic (exact) mass is 427 g/mol. The molecule has 0 spiro atoms. The third-order valence-electron chi connectivity index (χ3n) is 5.18. The van der Waals surface area contributed by atoms with Crippen molar-refractivity contribution in [3.8, 4) is 17.2 Å². The molecule has 1 fully saturated rings. The number of carbonyl (C=O) groups is 3. The Balaban J connectivity index is 1.64. The van der Waals surface area contributed by atoms with Crippen LogP contribution in [0.4, 0.5) is 4.79 Å². The van der Waals surface area contributed by atoms with Gasteiger partial charge in [0.15, 0.2) is 11.5 Å². The zero-order chi connectivity index (χ0) is 22.6. The Bertz CT molecular complexity index is 991. The SMILES string of the molecule is COc1ccc(C2(C)NC(=O)N(CC(=O)NCc3ccc(OC)c(OC)c3)C2=O)cc1. The molecule has 164 valence electrons. The van der Waals surface area contributed by atoms with E-state index in [9.17, 15) is 14.4 Å². The molecule has 1 aliphatic rings. The number of urea groups is 1. The molecule has 3 rings (SSSR count). The van der Waals surface area contributed by atoms with Crippen molar-refractivity contribution < 1.29 is 28.6 Å². The lowest BCUT2D eigenvalue weighted by molar-refractivity contribution is -0.134. The van der Waals surface area contributed by atoms with Gasteiger partial charge in [0.25, 0.3) is 5.91 Å². The summed E-state index contributed by atoms with van der Waals surface area (Å²) in [5.41, 5.74) is 0.124. The molecule has 31 heavy (non-hydrogen) atoms. The third-order valence-corrected chi connectivity index (χ3v) is 5.18. The van der Waals surface area contributed by atoms with Crippen LogP contribution in [0.15, 0.2) is 42.5 Å². The largest absolute Gasteiger partial charge is 0.497 e. The first kappa shape index (κ1) is 21.9. The molecule has 1 atom stereocenters. The van der Waals surface area contributed by atoms with Crippen LogP contribution in [0.2, 0.25) is 0 Å². The van der Waals surface area contributed by atoms with Gasteiger partial charge in [0.2, 0.25) is 5.91 Å². The summed E-state index contributed by atoms with van der Waals surface area (Å²) in [4.78, 5) is 38.7. The highest BCUT2D eigenvalue weighted by molar-refractivity contribution is 6.09. The van der Waals surface area contributed by atoms with E-state index in [2.05, 4.69) is 10.6 Å². The summed E-state index contributed by atoms with van der Waals surface area (Å²) in [6.07, 6.45) is 0. The van der Waals surface area contributed by atoms with Gasteiger partial charge in [0.1, 0.15) is 17.8 Å². The Hall–Kier alpha value is -3.75. The van der Waals surface area contributed by atoms with Gasteiger partial charge < -0.3 is 24.8 Å². The van der Waals surface area contributed by atoms with Crippen LogP contribution in [-0.4, -0.2) is 50.6 Å². The normalized spacial score (nSPS) is 17.9. The highest BCUT2D eigenvalue weighted by Gasteiger charge is 2.49. The first-order valence-electron chi connectivity index (χ1n) is 9.58. The molecule has 0 aromatic heterocycles. The van der Waals surface area contributed by atoms with Gasteiger partial charge in [0.05, 0.1) is 21.3 Å². The number of nitrogens with zero attached hydrogens (tertiary/aromatic N) is 1. The summed E-state index contributed by atoms with van der Waals surface area (Å²) < 4.78 is 15.6. The molecule has 2 aromatic rings. The first-order chi connectivity index (χ1) is 14.8. The molecule has 1 unspecified atom stereocenters. The first-order valence-corrected chi connectivity index (χ1v) is 9.58. The summed E-state index contributed by atoms with van der Waals surface area (Å²) >= 11 is 0. The lowest BCUT2D eigenvalue weighted by atomic mass is 9.92. The molecule has 9 heteroatoms. The summed E-state index contributed by atoms with van der Waals surface area (Å²) in [6.45, 7) is 1.43. The van der Waals surface area contributed by atoms with Crippen molar-refractivity contribution in [3.05, 3.63) is 53.6 Å². The summed E-state index contributed by atoms with van der Waals surface area (Å²) in [5.74, 6) is 0.796. The van der Waals surface area contributed by atoms with Gasteiger partial charge in [-0.05, 0) is 42.3 Å². The lowest BCUT2D eigenvalue weighted by Crippen LogP contribution is -2.43. The molecule has 1 aliphatic heterocycles. The van der Waals surface area contributed by atoms with Crippen molar-refractivity contribution in [1.29, 1.82) is 0 Å². The van der Waals surface area contributed by atoms with E-state index in [0.29, 0.717) is 22.8 Å². The van der Waals surface area contributed by atoms with Crippen LogP contribution in [0.3, 0.4) is 0 Å². The van der Waals surface area contributed by atoms with Gasteiger partial charge in [0, 0.05) is 6.54 Å². The minimum Gasteiger partial charge on any atom is -0.497 e. The summed E-state index contributed by atoms with van der Waals surface area (Å²) in [7, 11) is 4.61. The summed E-state index contributed by atoms with van der Waals surface area (Å²) in [6, 6.07) is 11.5. The third kappa shape index (κ3) is 4.40. The van der Waals surface area contributed by atoms with Crippen LogP contribution in [0.25, 0.3) is 0 Å². The average molecular weight is 427 g/mol. The van der Waals surface area contributed by atoms with E-state index in [1.165, 1.54) is 14.2 Å². The highest BCUT2D eigenvalue weighted by Crippen LogP contribution is 2.30. The van der Waals surface area contributed by atoms with Gasteiger partial charge in [-0.3, -0.25) is 14.5 Å². The minimum atomic E-state index is -1.26. The Kier molecular flexibility index (Phi) is 6.33. The maximum absolute atomic E-state index is 13.0. The Morgan fingerprint density at radius 3 is 2.29 bits per heavy atom. The Morgan fingerprint density at radius 1 is 1.00 bits per heavy atom. The molecule has 0 radical (unpaired) electrons. The number of benzene rings is 2. The van der Waals surface area contributed by atoms with Crippen molar-refractivity contribution in [2.24, 2.45) is 0 Å². The van der Waals surface area contributed by atoms with E-state index in [1.54, 1.807) is 56.5 Å². The van der Waals surface area contributed by atoms with Crippen LogP contribution in [0.1, 0.15) is 18.1 Å². The highest BCUT2D eigenvalue weighted by atomic mass is 16.5. The van der Waals surface area contributed by atoms with Crippen molar-refractivity contribution in [2.75, 3.05) is 27.9 Å². The predicted octanol–water partition coefficient (Wildman–Crippen LogP) is 1.80. The van der Waals surface area contributed by atoms with Crippen LogP contribution in [0, 0.1) is 0 Å². The second-order valence-corrected chi connectivity index (χ2v) is 7.14. The number of hydrogen-bond donors (Lipinski definition) is 2. The number of amides is 4. The standard InChI is InChI=1S/C22H25N3O6/c1-22(15-6-8-16(29-2)9-7-15)20(27)25(21(28)24-22)13-19(26)23-12-14-5-10-17(30-3)18(11-14)31-4/h5-11H,12-13H2,1-4H3,(H,23,26)(H,24,28). The van der Waals surface area contributed by atoms with Crippen LogP contribution >= 0.6 is 0 Å². The average Bonchev–Trinajstić information content (AvgIpc) is 3.01. The maximum atomic E-state index is 13.0. The van der Waals surface area contributed by atoms with Gasteiger partial charge in [-0.1, -0.05) is 18.2 Å². The van der Waals surface area contributed by atoms with Gasteiger partial charge in [-0.15, -0.1) is 0 Å². The number of carbonyl (C=O) groups excluding carboxylic acids is 3. The lowest BCUT2D eigenvalue weighted by Gasteiger charge is -2.22. The number of ether oxygens (including phenoxy) is 3. The molecule has 0 bridgehead atoms. The minimum absolute atomic E-state index is 0.207. The number of methoxy groups -OCH3 is 3. The maximum Gasteiger partial charge on any atom is 0.325 e. The molecule has 4 amide bonds. The summed E-state index contributed by atoms with van der Waals surface area (Å²) in [5, 5.41) is 5.39. The molecule has 0 aliphatic carbocycles. The van der Waals surface area contributed by atoms with E-state index in [-0.39, 0.29) is 13.1 Å². The van der Waals surface area contributed by atoms with E-state index >= 15 is 0 Å². The van der Waals surface area contributed by atoms with E-state index in [0.717, 1.165) is 10.5 Å². The molecule has 0 saturated carbocycles. The number of imide groups is 1. The van der Waals surface area contributed by atoms with E-state index in [4.69, 9.17) is 14.2 Å². The molecular weight excluding hydrogens is 402 g/mol.